The highest BCUT2D eigenvalue weighted by Crippen LogP contribution is 2.19. The van der Waals surface area contributed by atoms with Crippen molar-refractivity contribution >= 4 is 29.9 Å². The van der Waals surface area contributed by atoms with Gasteiger partial charge in [-0.1, -0.05) is 25.1 Å². The van der Waals surface area contributed by atoms with Gasteiger partial charge in [-0.3, -0.25) is 4.99 Å². The summed E-state index contributed by atoms with van der Waals surface area (Å²) in [6.07, 6.45) is 0. The maximum atomic E-state index is 13.8. The van der Waals surface area contributed by atoms with Crippen LogP contribution in [-0.4, -0.2) is 19.6 Å². The Morgan fingerprint density at radius 3 is 2.40 bits per heavy atom. The maximum Gasteiger partial charge on any atom is 0.191 e. The van der Waals surface area contributed by atoms with Gasteiger partial charge in [0.15, 0.2) is 5.96 Å². The van der Waals surface area contributed by atoms with E-state index >= 15 is 0 Å². The molecule has 136 valence electrons. The molecule has 0 saturated heterocycles. The van der Waals surface area contributed by atoms with E-state index in [0.29, 0.717) is 24.6 Å². The molecule has 2 aromatic rings. The molecule has 0 fully saturated rings. The van der Waals surface area contributed by atoms with E-state index in [0.717, 1.165) is 11.6 Å². The molecule has 0 radical (unpaired) electrons. The van der Waals surface area contributed by atoms with Crippen LogP contribution < -0.4 is 10.6 Å². The Morgan fingerprint density at radius 1 is 1.04 bits per heavy atom. The second-order valence-corrected chi connectivity index (χ2v) is 5.50. The summed E-state index contributed by atoms with van der Waals surface area (Å²) in [5.74, 6) is -1.10. The number of nitrogens with one attached hydrogen (secondary N) is 2. The molecule has 2 rings (SSSR count). The van der Waals surface area contributed by atoms with Gasteiger partial charge in [0.1, 0.15) is 17.5 Å². The number of rotatable bonds is 5. The lowest BCUT2D eigenvalue weighted by Crippen LogP contribution is -2.38. The number of guanidine groups is 1. The first-order chi connectivity index (χ1) is 11.5. The van der Waals surface area contributed by atoms with Crippen LogP contribution in [0, 0.1) is 17.5 Å². The SMILES string of the molecule is CN=C(NCc1cccc(F)c1)NCC(C)c1ccc(F)cc1F.I. The molecule has 3 nitrogen and oxygen atoms in total. The molecular weight excluding hydrogens is 442 g/mol. The number of halogens is 4. The monoisotopic (exact) mass is 463 g/mol. The van der Waals surface area contributed by atoms with Crippen molar-refractivity contribution in [3.05, 3.63) is 71.0 Å². The second-order valence-electron chi connectivity index (χ2n) is 5.50. The fourth-order valence-corrected chi connectivity index (χ4v) is 2.31. The average molecular weight is 463 g/mol. The van der Waals surface area contributed by atoms with Crippen LogP contribution in [0.15, 0.2) is 47.5 Å². The van der Waals surface area contributed by atoms with Crippen LogP contribution in [-0.2, 0) is 6.54 Å². The smallest absolute Gasteiger partial charge is 0.191 e. The van der Waals surface area contributed by atoms with Gasteiger partial charge in [-0.15, -0.1) is 24.0 Å². The third-order valence-corrected chi connectivity index (χ3v) is 3.64. The number of benzene rings is 2. The zero-order valence-electron chi connectivity index (χ0n) is 14.0. The largest absolute Gasteiger partial charge is 0.356 e. The van der Waals surface area contributed by atoms with Crippen molar-refractivity contribution in [3.63, 3.8) is 0 Å². The van der Waals surface area contributed by atoms with Crippen molar-refractivity contribution in [1.82, 2.24) is 10.6 Å². The topological polar surface area (TPSA) is 36.4 Å². The normalized spacial score (nSPS) is 12.3. The summed E-state index contributed by atoms with van der Waals surface area (Å²) in [5.41, 5.74) is 1.22. The summed E-state index contributed by atoms with van der Waals surface area (Å²) in [4.78, 5) is 4.07. The molecule has 0 saturated carbocycles. The molecule has 0 aliphatic carbocycles. The second kappa shape index (κ2) is 10.3. The molecule has 25 heavy (non-hydrogen) atoms. The van der Waals surface area contributed by atoms with Gasteiger partial charge < -0.3 is 10.6 Å². The molecule has 7 heteroatoms. The van der Waals surface area contributed by atoms with E-state index in [1.807, 2.05) is 6.92 Å². The lowest BCUT2D eigenvalue weighted by Gasteiger charge is -2.17. The van der Waals surface area contributed by atoms with Gasteiger partial charge in [-0.25, -0.2) is 13.2 Å². The molecule has 1 unspecified atom stereocenters. The van der Waals surface area contributed by atoms with Crippen molar-refractivity contribution < 1.29 is 13.2 Å². The molecule has 0 spiro atoms. The lowest BCUT2D eigenvalue weighted by atomic mass is 10.0. The van der Waals surface area contributed by atoms with E-state index in [4.69, 9.17) is 0 Å². The highest BCUT2D eigenvalue weighted by Gasteiger charge is 2.12. The van der Waals surface area contributed by atoms with Crippen LogP contribution >= 0.6 is 24.0 Å². The van der Waals surface area contributed by atoms with Crippen LogP contribution in [0.1, 0.15) is 24.0 Å². The van der Waals surface area contributed by atoms with Gasteiger partial charge in [0.25, 0.3) is 0 Å². The highest BCUT2D eigenvalue weighted by molar-refractivity contribution is 14.0. The van der Waals surface area contributed by atoms with Crippen LogP contribution in [0.5, 0.6) is 0 Å². The standard InChI is InChI=1S/C18H20F3N3.HI/c1-12(16-7-6-15(20)9-17(16)21)10-23-18(22-2)24-11-13-4-3-5-14(19)8-13;/h3-9,12H,10-11H2,1-2H3,(H2,22,23,24);1H. The third-order valence-electron chi connectivity index (χ3n) is 3.64. The number of aliphatic imine (C=N–C) groups is 1. The zero-order chi connectivity index (χ0) is 17.5. The number of hydrogen-bond donors (Lipinski definition) is 2. The molecule has 0 aliphatic rings. The summed E-state index contributed by atoms with van der Waals surface area (Å²) in [7, 11) is 1.62. The van der Waals surface area contributed by atoms with Gasteiger partial charge in [0.05, 0.1) is 0 Å². The van der Waals surface area contributed by atoms with Crippen molar-refractivity contribution in [1.29, 1.82) is 0 Å². The quantitative estimate of drug-likeness (QED) is 0.397. The third kappa shape index (κ3) is 6.56. The molecule has 0 aliphatic heterocycles. The molecule has 0 aromatic heterocycles. The minimum absolute atomic E-state index is 0. The van der Waals surface area contributed by atoms with Crippen molar-refractivity contribution in [2.24, 2.45) is 4.99 Å². The van der Waals surface area contributed by atoms with Crippen molar-refractivity contribution in [2.75, 3.05) is 13.6 Å². The fraction of sp³-hybridized carbons (Fsp3) is 0.278. The lowest BCUT2D eigenvalue weighted by molar-refractivity contribution is 0.556. The summed E-state index contributed by atoms with van der Waals surface area (Å²) in [6, 6.07) is 9.84. The Bertz CT molecular complexity index is 722. The summed E-state index contributed by atoms with van der Waals surface area (Å²) < 4.78 is 39.9. The predicted octanol–water partition coefficient (Wildman–Crippen LogP) is 4.19. The van der Waals surface area contributed by atoms with E-state index in [1.54, 1.807) is 19.2 Å². The maximum absolute atomic E-state index is 13.8. The molecular formula is C18H21F3IN3. The van der Waals surface area contributed by atoms with E-state index in [-0.39, 0.29) is 35.7 Å². The number of nitrogens with zero attached hydrogens (tertiary/aromatic N) is 1. The molecule has 0 amide bonds. The Kier molecular flexibility index (Phi) is 8.74. The molecule has 1 atom stereocenters. The molecule has 0 heterocycles. The Labute approximate surface area is 162 Å². The zero-order valence-corrected chi connectivity index (χ0v) is 16.4. The van der Waals surface area contributed by atoms with Crippen molar-refractivity contribution in [3.8, 4) is 0 Å². The molecule has 2 aromatic carbocycles. The van der Waals surface area contributed by atoms with Crippen molar-refractivity contribution in [2.45, 2.75) is 19.4 Å². The first-order valence-electron chi connectivity index (χ1n) is 7.63. The van der Waals surface area contributed by atoms with Crippen LogP contribution in [0.2, 0.25) is 0 Å². The van der Waals surface area contributed by atoms with E-state index < -0.39 is 11.6 Å². The Balaban J connectivity index is 0.00000312. The fourth-order valence-electron chi connectivity index (χ4n) is 2.31. The first kappa shape index (κ1) is 21.3. The van der Waals surface area contributed by atoms with Gasteiger partial charge >= 0.3 is 0 Å². The highest BCUT2D eigenvalue weighted by atomic mass is 127. The minimum Gasteiger partial charge on any atom is -0.356 e. The Hall–Kier alpha value is -1.77. The van der Waals surface area contributed by atoms with E-state index in [1.165, 1.54) is 24.3 Å². The van der Waals surface area contributed by atoms with E-state index in [2.05, 4.69) is 15.6 Å². The minimum atomic E-state index is -0.594. The number of hydrogen-bond acceptors (Lipinski definition) is 1. The summed E-state index contributed by atoms with van der Waals surface area (Å²) in [5, 5.41) is 6.14. The first-order valence-corrected chi connectivity index (χ1v) is 7.63. The van der Waals surface area contributed by atoms with Crippen LogP contribution in [0.4, 0.5) is 13.2 Å². The van der Waals surface area contributed by atoms with Crippen LogP contribution in [0.25, 0.3) is 0 Å². The van der Waals surface area contributed by atoms with Crippen LogP contribution in [0.3, 0.4) is 0 Å². The van der Waals surface area contributed by atoms with Gasteiger partial charge in [0, 0.05) is 32.1 Å². The average Bonchev–Trinajstić information content (AvgIpc) is 2.55. The Morgan fingerprint density at radius 2 is 1.76 bits per heavy atom. The van der Waals surface area contributed by atoms with Gasteiger partial charge in [-0.2, -0.15) is 0 Å². The molecule has 2 N–H and O–H groups in total. The van der Waals surface area contributed by atoms with Gasteiger partial charge in [0.2, 0.25) is 0 Å². The summed E-state index contributed by atoms with van der Waals surface area (Å²) >= 11 is 0. The van der Waals surface area contributed by atoms with Gasteiger partial charge in [-0.05, 0) is 29.3 Å². The van der Waals surface area contributed by atoms with E-state index in [9.17, 15) is 13.2 Å². The molecule has 0 bridgehead atoms. The predicted molar refractivity (Wildman–Crippen MR) is 105 cm³/mol. The summed E-state index contributed by atoms with van der Waals surface area (Å²) in [6.45, 7) is 2.67.